The maximum absolute atomic E-state index is 14.5. The largest absolute Gasteiger partial charge is 0.472 e. The molecule has 0 spiro atoms. The quantitative estimate of drug-likeness (QED) is 0.0166. The second kappa shape index (κ2) is 33.3. The Morgan fingerprint density at radius 3 is 1.04 bits per heavy atom. The first-order valence-electron chi connectivity index (χ1n) is 36.2. The molecule has 10 aromatic rings. The van der Waals surface area contributed by atoms with Gasteiger partial charge in [-0.2, -0.15) is 0 Å². The summed E-state index contributed by atoms with van der Waals surface area (Å²) in [7, 11) is -3.35. The zero-order valence-corrected chi connectivity index (χ0v) is 63.5. The summed E-state index contributed by atoms with van der Waals surface area (Å²) in [6, 6.07) is 65.5. The number of nitrogens with zero attached hydrogens (tertiary/aromatic N) is 3. The van der Waals surface area contributed by atoms with Crippen LogP contribution in [0.1, 0.15) is 106 Å². The maximum atomic E-state index is 14.5. The number of hydrogen-bond donors (Lipinski definition) is 5. The summed E-state index contributed by atoms with van der Waals surface area (Å²) in [6.45, 7) is -2.42. The van der Waals surface area contributed by atoms with Gasteiger partial charge in [0, 0.05) is 85.0 Å². The van der Waals surface area contributed by atoms with Crippen molar-refractivity contribution in [3.05, 3.63) is 256 Å². The third kappa shape index (κ3) is 18.5. The number of phosphoric acid groups is 3. The van der Waals surface area contributed by atoms with Crippen molar-refractivity contribution < 1.29 is 84.7 Å². The fourth-order valence-electron chi connectivity index (χ4n) is 14.5. The zero-order valence-electron chi connectivity index (χ0n) is 60.8. The van der Waals surface area contributed by atoms with E-state index in [1.807, 2.05) is 257 Å². The van der Waals surface area contributed by atoms with Crippen molar-refractivity contribution in [2.75, 3.05) is 83.4 Å². The fraction of sp³-hybridized carbons (Fsp3) is 0.310. The second-order valence-corrected chi connectivity index (χ2v) is 32.8. The molecule has 4 aliphatic heterocycles. The van der Waals surface area contributed by atoms with Crippen molar-refractivity contribution in [1.29, 1.82) is 0 Å². The van der Waals surface area contributed by atoms with E-state index in [9.17, 15) is 38.6 Å². The minimum absolute atomic E-state index is 0.0315. The van der Waals surface area contributed by atoms with Crippen molar-refractivity contribution in [3.8, 4) is 0 Å². The lowest BCUT2D eigenvalue weighted by Crippen LogP contribution is -2.31. The molecule has 0 amide bonds. The normalized spacial score (nSPS) is 24.9. The fourth-order valence-corrected chi connectivity index (χ4v) is 17.4. The van der Waals surface area contributed by atoms with E-state index in [1.165, 1.54) is 0 Å². The average Bonchev–Trinajstić information content (AvgIpc) is 1.20. The molecule has 4 aliphatic rings. The van der Waals surface area contributed by atoms with Gasteiger partial charge in [0.2, 0.25) is 0 Å². The van der Waals surface area contributed by atoms with Gasteiger partial charge in [-0.05, 0) is 124 Å². The molecule has 564 valence electrons. The van der Waals surface area contributed by atoms with E-state index in [4.69, 9.17) is 46.1 Å². The molecule has 5 N–H and O–H groups in total. The summed E-state index contributed by atoms with van der Waals surface area (Å²) in [5.74, 6) is 0. The highest BCUT2D eigenvalue weighted by atomic mass is 31.2. The molecule has 4 heterocycles. The summed E-state index contributed by atoms with van der Waals surface area (Å²) in [5.41, 5.74) is 11.9. The number of benzene rings is 10. The Hall–Kier alpha value is -8.05. The number of aliphatic hydroxyl groups excluding tert-OH is 2. The summed E-state index contributed by atoms with van der Waals surface area (Å²) in [6.07, 6.45) is 0.0396. The molecule has 0 saturated carbocycles. The van der Waals surface area contributed by atoms with Crippen molar-refractivity contribution in [2.45, 2.75) is 98.9 Å². The van der Waals surface area contributed by atoms with Gasteiger partial charge in [-0.25, -0.2) is 13.7 Å². The van der Waals surface area contributed by atoms with E-state index < -0.39 is 123 Å². The Bertz CT molecular complexity index is 4950. The van der Waals surface area contributed by atoms with E-state index in [2.05, 4.69) is 36.4 Å². The molecule has 15 atom stereocenters. The number of phosphoric ester groups is 3. The molecule has 0 bridgehead atoms. The van der Waals surface area contributed by atoms with Crippen LogP contribution in [0, 0.1) is 0 Å². The summed E-state index contributed by atoms with van der Waals surface area (Å²) in [5, 5.41) is 28.4. The van der Waals surface area contributed by atoms with Crippen LogP contribution >= 0.6 is 23.5 Å². The van der Waals surface area contributed by atoms with E-state index >= 15 is 0 Å². The lowest BCUT2D eigenvalue weighted by atomic mass is 9.90. The lowest BCUT2D eigenvalue weighted by Gasteiger charge is -2.25. The molecule has 21 nitrogen and oxygen atoms in total. The van der Waals surface area contributed by atoms with Crippen molar-refractivity contribution in [2.24, 2.45) is 0 Å². The van der Waals surface area contributed by atoms with Gasteiger partial charge in [0.05, 0.1) is 56.9 Å². The third-order valence-electron chi connectivity index (χ3n) is 20.5. The molecule has 14 rings (SSSR count). The van der Waals surface area contributed by atoms with Crippen molar-refractivity contribution >= 4 is 109 Å². The van der Waals surface area contributed by atoms with Crippen LogP contribution in [0.15, 0.2) is 200 Å². The van der Waals surface area contributed by atoms with E-state index in [0.717, 1.165) is 93.9 Å². The molecule has 108 heavy (non-hydrogen) atoms. The number of anilines is 3. The first-order valence-corrected chi connectivity index (χ1v) is 40.6. The Balaban J connectivity index is 0.659. The molecule has 0 aromatic heterocycles. The Morgan fingerprint density at radius 1 is 0.370 bits per heavy atom. The highest BCUT2D eigenvalue weighted by molar-refractivity contribution is 7.48. The van der Waals surface area contributed by atoms with Gasteiger partial charge in [-0.1, -0.05) is 200 Å². The highest BCUT2D eigenvalue weighted by Gasteiger charge is 2.48. The minimum Gasteiger partial charge on any atom is -0.394 e. The van der Waals surface area contributed by atoms with Gasteiger partial charge >= 0.3 is 23.5 Å². The van der Waals surface area contributed by atoms with Crippen LogP contribution < -0.4 is 14.7 Å². The van der Waals surface area contributed by atoms with E-state index in [-0.39, 0.29) is 25.7 Å². The van der Waals surface area contributed by atoms with Gasteiger partial charge in [0.25, 0.3) is 0 Å². The third-order valence-corrected chi connectivity index (χ3v) is 23.5. The van der Waals surface area contributed by atoms with Crippen LogP contribution in [0.3, 0.4) is 0 Å². The highest BCUT2D eigenvalue weighted by Crippen LogP contribution is 2.55. The maximum Gasteiger partial charge on any atom is 0.472 e. The predicted molar refractivity (Wildman–Crippen MR) is 423 cm³/mol. The summed E-state index contributed by atoms with van der Waals surface area (Å²) < 4.78 is 103. The van der Waals surface area contributed by atoms with Gasteiger partial charge < -0.3 is 58.5 Å². The van der Waals surface area contributed by atoms with Crippen LogP contribution in [0.5, 0.6) is 0 Å². The molecular formula is C84H90N3O18P3. The van der Waals surface area contributed by atoms with Crippen molar-refractivity contribution in [3.63, 3.8) is 0 Å². The smallest absolute Gasteiger partial charge is 0.394 e. The topological polar surface area (TPSA) is 254 Å². The molecule has 4 saturated heterocycles. The zero-order chi connectivity index (χ0) is 75.4. The Labute approximate surface area is 628 Å². The monoisotopic (exact) mass is 1520 g/mol. The predicted octanol–water partition coefficient (Wildman–Crippen LogP) is 16.6. The van der Waals surface area contributed by atoms with E-state index in [0.29, 0.717) is 11.1 Å². The number of ether oxygens (including phenoxy) is 4. The second-order valence-electron chi connectivity index (χ2n) is 28.5. The van der Waals surface area contributed by atoms with Crippen LogP contribution in [-0.2, 0) is 59.8 Å². The van der Waals surface area contributed by atoms with Crippen LogP contribution in [0.4, 0.5) is 17.1 Å². The molecule has 3 unspecified atom stereocenters. The summed E-state index contributed by atoms with van der Waals surface area (Å²) in [4.78, 5) is 40.8. The number of aliphatic hydroxyl groups is 2. The Kier molecular flexibility index (Phi) is 23.6. The number of rotatable bonds is 29. The lowest BCUT2D eigenvalue weighted by molar-refractivity contribution is -0.0474. The summed E-state index contributed by atoms with van der Waals surface area (Å²) >= 11 is 0. The standard InChI is InChI=1S/C84H90N3O18P3/c1-85(2)66-38-22-57(23-39-66)13-10-54-16-28-60(29-17-54)72-47-76(79(50-88)99-72)103-107(92,93)97-52-81-78(49-74(100-81)62-32-20-56(21-33-62)12-15-59-26-42-68(43-27-59)87(5)6)105-108(94,95)98-53-82-77(48-73(101-82)61-30-18-55(19-31-61)11-14-58-24-40-67(41-25-58)86(3)4)104-106(90,91)96-51-80-71(89)46-75(102-80)69-44-36-65-35-34-63-8-7-9-64-37-45-70(69)84(65)83(63)64/h7-45,71-82,88-89H,46-53H2,1-6H3,(H,90,91)(H,92,93)(H,94,95)/b13-10+,14-11+,15-12+/t71-,72-,73-,74-,75-,76-,77-,78-,79+,80+,81+,82+/m0/s1. The van der Waals surface area contributed by atoms with Gasteiger partial charge in [0.1, 0.15) is 42.7 Å². The van der Waals surface area contributed by atoms with Crippen LogP contribution in [0.25, 0.3) is 68.8 Å². The van der Waals surface area contributed by atoms with E-state index in [1.54, 1.807) is 0 Å². The minimum atomic E-state index is -5.20. The molecule has 0 aliphatic carbocycles. The van der Waals surface area contributed by atoms with Gasteiger partial charge in [0.15, 0.2) is 0 Å². The van der Waals surface area contributed by atoms with Crippen LogP contribution in [0.2, 0.25) is 0 Å². The molecule has 0 radical (unpaired) electrons. The first-order chi connectivity index (χ1) is 51.9. The average molecular weight is 1520 g/mol. The number of hydrogen-bond acceptors (Lipinski definition) is 18. The van der Waals surface area contributed by atoms with Crippen LogP contribution in [-0.4, -0.2) is 142 Å². The molecule has 10 aromatic carbocycles. The van der Waals surface area contributed by atoms with Gasteiger partial charge in [-0.15, -0.1) is 0 Å². The molecule has 4 fully saturated rings. The van der Waals surface area contributed by atoms with Gasteiger partial charge in [-0.3, -0.25) is 27.1 Å². The Morgan fingerprint density at radius 2 is 0.676 bits per heavy atom. The molecular weight excluding hydrogens is 1430 g/mol. The SMILES string of the molecule is CN(C)c1ccc(/C=C/c2ccc([C@@H]3C[C@H](OP(=O)(O)OC[C@H]4O[C@H](c5ccc(/C=C/c6ccc(N(C)C)cc6)cc5)C[C@@H]4OP(=O)(O)OC[C@H]4O[C@H](c5ccc(/C=C/c6ccc(N(C)C)cc6)cc5)C[C@@H]4OP(=O)(O)OC[C@H]4O[C@H](c5ccc6ccc7cccc8ccc5c6c78)C[C@@H]4O)[C@@H](CO)O3)cc2)cc1. The van der Waals surface area contributed by atoms with Crippen molar-refractivity contribution in [1.82, 2.24) is 0 Å². The molecule has 24 heteroatoms. The first kappa shape index (κ1) is 76.7.